The molecule has 0 aromatic heterocycles. The molecule has 0 spiro atoms. The van der Waals surface area contributed by atoms with Gasteiger partial charge in [0.15, 0.2) is 0 Å². The third-order valence-electron chi connectivity index (χ3n) is 5.48. The largest absolute Gasteiger partial charge is 0.514 e. The van der Waals surface area contributed by atoms with Crippen LogP contribution in [-0.4, -0.2) is 12.8 Å². The molecule has 3 nitrogen and oxygen atoms in total. The van der Waals surface area contributed by atoms with E-state index >= 15 is 0 Å². The van der Waals surface area contributed by atoms with Crippen LogP contribution in [0.25, 0.3) is 0 Å². The van der Waals surface area contributed by atoms with Crippen LogP contribution in [0.5, 0.6) is 5.75 Å². The molecule has 0 amide bonds. The van der Waals surface area contributed by atoms with Gasteiger partial charge < -0.3 is 9.47 Å². The van der Waals surface area contributed by atoms with E-state index in [1.165, 1.54) is 22.0 Å². The Balaban J connectivity index is 1.88. The monoisotopic (exact) mass is 453 g/mol. The number of ether oxygens (including phenoxy) is 2. The first kappa shape index (κ1) is 22.5. The summed E-state index contributed by atoms with van der Waals surface area (Å²) in [5, 5.41) is 3.81. The van der Waals surface area contributed by atoms with E-state index in [2.05, 4.69) is 79.4 Å². The molecule has 0 N–H and O–H groups in total. The molecule has 0 aliphatic carbocycles. The summed E-state index contributed by atoms with van der Waals surface area (Å²) < 4.78 is 10.7. The molecule has 4 rings (SSSR count). The minimum Gasteiger partial charge on any atom is -0.430 e. The average Bonchev–Trinajstić information content (AvgIpc) is 2.88. The Morgan fingerprint density at radius 1 is 0.697 bits per heavy atom. The maximum Gasteiger partial charge on any atom is 0.514 e. The van der Waals surface area contributed by atoms with Crippen LogP contribution in [0.4, 0.5) is 4.79 Å². The summed E-state index contributed by atoms with van der Waals surface area (Å²) in [5.41, 5.74) is 0.956. The molecule has 0 aliphatic heterocycles. The van der Waals surface area contributed by atoms with Crippen LogP contribution in [0.1, 0.15) is 5.56 Å². The van der Waals surface area contributed by atoms with Gasteiger partial charge in [-0.25, -0.2) is 4.79 Å². The maximum atomic E-state index is 12.2. The van der Waals surface area contributed by atoms with Gasteiger partial charge in [-0.15, -0.1) is 0 Å². The van der Waals surface area contributed by atoms with Crippen LogP contribution < -0.4 is 20.7 Å². The lowest BCUT2D eigenvalue weighted by molar-refractivity contribution is 0.109. The van der Waals surface area contributed by atoms with Crippen molar-refractivity contribution in [2.45, 2.75) is 6.16 Å². The van der Waals surface area contributed by atoms with Gasteiger partial charge >= 0.3 is 6.16 Å². The first-order valence-electron chi connectivity index (χ1n) is 10.8. The Bertz CT molecular complexity index is 1090. The van der Waals surface area contributed by atoms with Gasteiger partial charge in [0.1, 0.15) is 41.7 Å². The SMILES string of the molecule is C=CCOC(=O)Oc1ccccc1C[P+](c1ccccc1)(c1ccccc1)c1ccccc1. The predicted octanol–water partition coefficient (Wildman–Crippen LogP) is 5.88. The maximum absolute atomic E-state index is 12.2. The van der Waals surface area contributed by atoms with E-state index in [0.717, 1.165) is 5.56 Å². The molecule has 33 heavy (non-hydrogen) atoms. The highest BCUT2D eigenvalue weighted by molar-refractivity contribution is 7.95. The summed E-state index contributed by atoms with van der Waals surface area (Å²) in [6.45, 7) is 3.69. The predicted molar refractivity (Wildman–Crippen MR) is 137 cm³/mol. The quantitative estimate of drug-likeness (QED) is 0.145. The topological polar surface area (TPSA) is 35.5 Å². The number of carbonyl (C=O) groups excluding carboxylic acids is 1. The molecule has 0 atom stereocenters. The lowest BCUT2D eigenvalue weighted by Crippen LogP contribution is -2.32. The van der Waals surface area contributed by atoms with Gasteiger partial charge in [-0.3, -0.25) is 0 Å². The van der Waals surface area contributed by atoms with Gasteiger partial charge in [0, 0.05) is 5.56 Å². The molecule has 0 saturated heterocycles. The second-order valence-electron chi connectivity index (χ2n) is 7.53. The number of hydrogen-bond donors (Lipinski definition) is 0. The van der Waals surface area contributed by atoms with Crippen LogP contribution in [0.3, 0.4) is 0 Å². The highest BCUT2D eigenvalue weighted by Gasteiger charge is 2.46. The lowest BCUT2D eigenvalue weighted by atomic mass is 10.2. The third-order valence-corrected chi connectivity index (χ3v) is 9.84. The van der Waals surface area contributed by atoms with Gasteiger partial charge in [0.05, 0.1) is 0 Å². The molecular weight excluding hydrogens is 427 g/mol. The Hall–Kier alpha value is -3.68. The Morgan fingerprint density at radius 2 is 1.15 bits per heavy atom. The average molecular weight is 453 g/mol. The smallest absolute Gasteiger partial charge is 0.430 e. The van der Waals surface area contributed by atoms with Gasteiger partial charge in [-0.1, -0.05) is 85.5 Å². The van der Waals surface area contributed by atoms with Crippen molar-refractivity contribution >= 4 is 29.3 Å². The normalized spacial score (nSPS) is 10.9. The second kappa shape index (κ2) is 10.8. The van der Waals surface area contributed by atoms with Crippen molar-refractivity contribution in [3.8, 4) is 5.75 Å². The molecule has 4 aromatic rings. The molecule has 0 radical (unpaired) electrons. The van der Waals surface area contributed by atoms with Crippen LogP contribution in [0.2, 0.25) is 0 Å². The van der Waals surface area contributed by atoms with Crippen molar-refractivity contribution < 1.29 is 14.3 Å². The summed E-state index contributed by atoms with van der Waals surface area (Å²) in [7, 11) is -2.11. The zero-order valence-corrected chi connectivity index (χ0v) is 19.2. The molecule has 0 unspecified atom stereocenters. The summed E-state index contributed by atoms with van der Waals surface area (Å²) in [6, 6.07) is 39.6. The van der Waals surface area contributed by atoms with Gasteiger partial charge in [-0.05, 0) is 42.5 Å². The Morgan fingerprint density at radius 3 is 1.64 bits per heavy atom. The van der Waals surface area contributed by atoms with Crippen molar-refractivity contribution in [2.75, 3.05) is 6.61 Å². The molecule has 164 valence electrons. The van der Waals surface area contributed by atoms with Gasteiger partial charge in [0.2, 0.25) is 0 Å². The first-order valence-corrected chi connectivity index (χ1v) is 12.8. The Labute approximate surface area is 195 Å². The number of rotatable bonds is 8. The molecule has 0 aliphatic rings. The number of carbonyl (C=O) groups is 1. The minimum atomic E-state index is -2.11. The van der Waals surface area contributed by atoms with E-state index in [-0.39, 0.29) is 6.61 Å². The summed E-state index contributed by atoms with van der Waals surface area (Å²) in [6.07, 6.45) is 1.49. The fourth-order valence-electron chi connectivity index (χ4n) is 4.00. The van der Waals surface area contributed by atoms with E-state index in [4.69, 9.17) is 9.47 Å². The van der Waals surface area contributed by atoms with Crippen molar-refractivity contribution in [1.29, 1.82) is 0 Å². The first-order chi connectivity index (χ1) is 16.2. The highest BCUT2D eigenvalue weighted by Crippen LogP contribution is 2.58. The highest BCUT2D eigenvalue weighted by atomic mass is 31.2. The summed E-state index contributed by atoms with van der Waals surface area (Å²) in [4.78, 5) is 12.2. The van der Waals surface area contributed by atoms with E-state index in [0.29, 0.717) is 11.9 Å². The minimum absolute atomic E-state index is 0.107. The molecule has 4 heteroatoms. The van der Waals surface area contributed by atoms with Crippen molar-refractivity contribution in [2.24, 2.45) is 0 Å². The zero-order chi connectivity index (χ0) is 22.9. The molecular formula is C29H26O3P+. The fourth-order valence-corrected chi connectivity index (χ4v) is 8.26. The van der Waals surface area contributed by atoms with Crippen LogP contribution in [0.15, 0.2) is 128 Å². The van der Waals surface area contributed by atoms with Crippen molar-refractivity contribution in [1.82, 2.24) is 0 Å². The van der Waals surface area contributed by atoms with Crippen LogP contribution in [-0.2, 0) is 10.9 Å². The number of para-hydroxylation sites is 1. The van der Waals surface area contributed by atoms with E-state index < -0.39 is 13.4 Å². The van der Waals surface area contributed by atoms with Crippen molar-refractivity contribution in [3.63, 3.8) is 0 Å². The molecule has 0 saturated carbocycles. The Kier molecular flexibility index (Phi) is 7.34. The zero-order valence-electron chi connectivity index (χ0n) is 18.3. The molecule has 0 bridgehead atoms. The fraction of sp³-hybridized carbons (Fsp3) is 0.0690. The number of hydrogen-bond acceptors (Lipinski definition) is 3. The summed E-state index contributed by atoms with van der Waals surface area (Å²) >= 11 is 0. The molecule has 4 aromatic carbocycles. The van der Waals surface area contributed by atoms with E-state index in [1.807, 2.05) is 42.5 Å². The molecule has 0 heterocycles. The number of benzene rings is 4. The van der Waals surface area contributed by atoms with Crippen molar-refractivity contribution in [3.05, 3.63) is 133 Å². The van der Waals surface area contributed by atoms with Crippen LogP contribution >= 0.6 is 7.26 Å². The third kappa shape index (κ3) is 5.05. The summed E-state index contributed by atoms with van der Waals surface area (Å²) in [5.74, 6) is 0.513. The van der Waals surface area contributed by atoms with E-state index in [9.17, 15) is 4.79 Å². The lowest BCUT2D eigenvalue weighted by Gasteiger charge is -2.28. The van der Waals surface area contributed by atoms with E-state index in [1.54, 1.807) is 0 Å². The molecule has 0 fully saturated rings. The van der Waals surface area contributed by atoms with Gasteiger partial charge in [0.25, 0.3) is 0 Å². The van der Waals surface area contributed by atoms with Crippen LogP contribution in [0, 0.1) is 0 Å². The standard InChI is InChI=1S/C29H26O3P/c1-2-22-31-29(30)32-28-21-13-12-14-24(28)23-33(25-15-6-3-7-16-25,26-17-8-4-9-18-26)27-19-10-5-11-20-27/h2-21H,1,22-23H2/q+1. The second-order valence-corrected chi connectivity index (χ2v) is 11.0. The van der Waals surface area contributed by atoms with Gasteiger partial charge in [-0.2, -0.15) is 0 Å².